The zero-order valence-electron chi connectivity index (χ0n) is 20.6. The minimum atomic E-state index is -0.915. The predicted molar refractivity (Wildman–Crippen MR) is 139 cm³/mol. The van der Waals surface area contributed by atoms with E-state index in [9.17, 15) is 14.7 Å². The number of carbonyl (C=O) groups is 2. The summed E-state index contributed by atoms with van der Waals surface area (Å²) in [7, 11) is 1.61. The van der Waals surface area contributed by atoms with Gasteiger partial charge >= 0.3 is 5.97 Å². The Kier molecular flexibility index (Phi) is 8.40. The molecule has 9 heteroatoms. The average Bonchev–Trinajstić information content (AvgIpc) is 2.90. The minimum Gasteiger partial charge on any atom is -0.496 e. The van der Waals surface area contributed by atoms with Gasteiger partial charge in [-0.1, -0.05) is 17.7 Å². The van der Waals surface area contributed by atoms with Crippen molar-refractivity contribution in [2.45, 2.75) is 25.7 Å². The molecular weight excluding hydrogens is 498 g/mol. The first-order valence-corrected chi connectivity index (χ1v) is 12.3. The molecule has 1 aliphatic heterocycles. The lowest BCUT2D eigenvalue weighted by Gasteiger charge is -2.24. The van der Waals surface area contributed by atoms with Crippen LogP contribution in [0.2, 0.25) is 5.02 Å². The summed E-state index contributed by atoms with van der Waals surface area (Å²) in [4.78, 5) is 24.1. The van der Waals surface area contributed by atoms with E-state index in [1.807, 2.05) is 25.1 Å². The van der Waals surface area contributed by atoms with E-state index in [2.05, 4.69) is 5.32 Å². The van der Waals surface area contributed by atoms with Crippen molar-refractivity contribution in [1.29, 1.82) is 0 Å². The molecule has 0 bridgehead atoms. The maximum atomic E-state index is 12.6. The van der Waals surface area contributed by atoms with Crippen LogP contribution in [0.4, 0.5) is 0 Å². The monoisotopic (exact) mass is 525 g/mol. The lowest BCUT2D eigenvalue weighted by molar-refractivity contribution is -0.139. The van der Waals surface area contributed by atoms with Crippen LogP contribution in [0.5, 0.6) is 28.7 Å². The molecule has 3 aromatic rings. The molecule has 194 valence electrons. The fourth-order valence-corrected chi connectivity index (χ4v) is 4.34. The van der Waals surface area contributed by atoms with Crippen LogP contribution in [-0.2, 0) is 11.2 Å². The predicted octanol–water partition coefficient (Wildman–Crippen LogP) is 5.46. The van der Waals surface area contributed by atoms with Crippen LogP contribution >= 0.6 is 11.6 Å². The van der Waals surface area contributed by atoms with Gasteiger partial charge in [-0.05, 0) is 61.7 Å². The van der Waals surface area contributed by atoms with E-state index in [4.69, 9.17) is 30.5 Å². The Balaban J connectivity index is 1.36. The fraction of sp³-hybridized carbons (Fsp3) is 0.286. The molecule has 8 nitrogen and oxygen atoms in total. The van der Waals surface area contributed by atoms with Gasteiger partial charge in [-0.2, -0.15) is 0 Å². The Morgan fingerprint density at radius 1 is 1.08 bits per heavy atom. The summed E-state index contributed by atoms with van der Waals surface area (Å²) in [5, 5.41) is 12.6. The zero-order chi connectivity index (χ0) is 26.4. The summed E-state index contributed by atoms with van der Waals surface area (Å²) in [5.74, 6) is 0.922. The van der Waals surface area contributed by atoms with Crippen molar-refractivity contribution >= 4 is 23.5 Å². The van der Waals surface area contributed by atoms with Gasteiger partial charge in [0.1, 0.15) is 28.7 Å². The molecule has 1 unspecified atom stereocenters. The van der Waals surface area contributed by atoms with E-state index in [0.717, 1.165) is 11.3 Å². The number of aliphatic carboxylic acids is 1. The van der Waals surface area contributed by atoms with Crippen LogP contribution in [0.3, 0.4) is 0 Å². The van der Waals surface area contributed by atoms with E-state index in [-0.39, 0.29) is 10.9 Å². The molecular formula is C28H28ClNO7. The van der Waals surface area contributed by atoms with Crippen LogP contribution in [0.15, 0.2) is 54.6 Å². The number of carboxylic acids is 1. The molecule has 0 fully saturated rings. The summed E-state index contributed by atoms with van der Waals surface area (Å²) in [6.45, 7) is 3.23. The lowest BCUT2D eigenvalue weighted by atomic mass is 9.93. The van der Waals surface area contributed by atoms with Gasteiger partial charge in [0, 0.05) is 29.8 Å². The molecule has 0 saturated carbocycles. The van der Waals surface area contributed by atoms with E-state index in [1.165, 1.54) is 0 Å². The summed E-state index contributed by atoms with van der Waals surface area (Å²) in [5.41, 5.74) is 1.98. The highest BCUT2D eigenvalue weighted by Crippen LogP contribution is 2.41. The van der Waals surface area contributed by atoms with Gasteiger partial charge in [0.2, 0.25) is 0 Å². The standard InChI is InChI=1S/C28H28ClNO7/c1-3-35-20-9-4-17(24(14-20)34-2)10-12-30-27(31)18-5-7-19(8-6-18)37-26-16-25-22(15-23(26)29)21(28(32)33)11-13-36-25/h4-9,14-16,21H,3,10-13H2,1-2H3,(H,30,31)(H,32,33). The largest absolute Gasteiger partial charge is 0.496 e. The Labute approximate surface area is 220 Å². The molecule has 1 amide bonds. The second-order valence-corrected chi connectivity index (χ2v) is 8.79. The van der Waals surface area contributed by atoms with Crippen LogP contribution in [-0.4, -0.2) is 43.9 Å². The molecule has 0 saturated heterocycles. The fourth-order valence-electron chi connectivity index (χ4n) is 4.13. The van der Waals surface area contributed by atoms with Gasteiger partial charge in [0.15, 0.2) is 0 Å². The van der Waals surface area contributed by atoms with Crippen molar-refractivity contribution in [3.05, 3.63) is 76.3 Å². The molecule has 2 N–H and O–H groups in total. The molecule has 37 heavy (non-hydrogen) atoms. The van der Waals surface area contributed by atoms with Gasteiger partial charge in [0.05, 0.1) is 31.3 Å². The average molecular weight is 526 g/mol. The Hall–Kier alpha value is -3.91. The molecule has 3 aromatic carbocycles. The van der Waals surface area contributed by atoms with Crippen molar-refractivity contribution in [1.82, 2.24) is 5.32 Å². The van der Waals surface area contributed by atoms with E-state index in [1.54, 1.807) is 43.5 Å². The molecule has 0 radical (unpaired) electrons. The number of hydrogen-bond acceptors (Lipinski definition) is 6. The number of carbonyl (C=O) groups excluding carboxylic acids is 1. The number of methoxy groups -OCH3 is 1. The third kappa shape index (κ3) is 6.27. The third-order valence-corrected chi connectivity index (χ3v) is 6.29. The Morgan fingerprint density at radius 3 is 2.54 bits per heavy atom. The van der Waals surface area contributed by atoms with Crippen molar-refractivity contribution in [3.63, 3.8) is 0 Å². The van der Waals surface area contributed by atoms with Crippen LogP contribution < -0.4 is 24.3 Å². The normalized spacial score (nSPS) is 14.2. The first-order chi connectivity index (χ1) is 17.9. The number of nitrogens with one attached hydrogen (secondary N) is 1. The molecule has 0 aliphatic carbocycles. The number of halogens is 1. The van der Waals surface area contributed by atoms with Crippen molar-refractivity contribution in [2.75, 3.05) is 26.9 Å². The van der Waals surface area contributed by atoms with Crippen LogP contribution in [0.1, 0.15) is 40.7 Å². The van der Waals surface area contributed by atoms with Crippen LogP contribution in [0.25, 0.3) is 0 Å². The number of benzene rings is 3. The number of rotatable bonds is 10. The number of ether oxygens (including phenoxy) is 4. The lowest BCUT2D eigenvalue weighted by Crippen LogP contribution is -2.25. The maximum Gasteiger partial charge on any atom is 0.311 e. The molecule has 1 heterocycles. The van der Waals surface area contributed by atoms with Crippen molar-refractivity contribution in [3.8, 4) is 28.7 Å². The number of hydrogen-bond donors (Lipinski definition) is 2. The second-order valence-electron chi connectivity index (χ2n) is 8.39. The zero-order valence-corrected chi connectivity index (χ0v) is 21.3. The first kappa shape index (κ1) is 26.2. The maximum absolute atomic E-state index is 12.6. The Bertz CT molecular complexity index is 1280. The van der Waals surface area contributed by atoms with Gasteiger partial charge in [-0.25, -0.2) is 0 Å². The summed E-state index contributed by atoms with van der Waals surface area (Å²) in [6, 6.07) is 15.5. The Morgan fingerprint density at radius 2 is 1.84 bits per heavy atom. The topological polar surface area (TPSA) is 103 Å². The van der Waals surface area contributed by atoms with Gasteiger partial charge in [-0.3, -0.25) is 9.59 Å². The van der Waals surface area contributed by atoms with E-state index < -0.39 is 11.9 Å². The van der Waals surface area contributed by atoms with Crippen molar-refractivity contribution in [2.24, 2.45) is 0 Å². The van der Waals surface area contributed by atoms with Crippen molar-refractivity contribution < 1.29 is 33.6 Å². The highest BCUT2D eigenvalue weighted by Gasteiger charge is 2.29. The van der Waals surface area contributed by atoms with E-state index >= 15 is 0 Å². The smallest absolute Gasteiger partial charge is 0.311 e. The summed E-state index contributed by atoms with van der Waals surface area (Å²) in [6.07, 6.45) is 0.986. The molecule has 4 rings (SSSR count). The number of fused-ring (bicyclic) bond motifs is 1. The van der Waals surface area contributed by atoms with Gasteiger partial charge in [0.25, 0.3) is 5.91 Å². The first-order valence-electron chi connectivity index (χ1n) is 11.9. The quantitative estimate of drug-likeness (QED) is 0.362. The third-order valence-electron chi connectivity index (χ3n) is 6.00. The van der Waals surface area contributed by atoms with Crippen LogP contribution in [0, 0.1) is 0 Å². The summed E-state index contributed by atoms with van der Waals surface area (Å²) >= 11 is 6.36. The van der Waals surface area contributed by atoms with E-state index in [0.29, 0.717) is 66.7 Å². The summed E-state index contributed by atoms with van der Waals surface area (Å²) < 4.78 is 22.4. The molecule has 1 aliphatic rings. The molecule has 0 aromatic heterocycles. The molecule has 0 spiro atoms. The second kappa shape index (κ2) is 11.9. The molecule has 1 atom stereocenters. The minimum absolute atomic E-state index is 0.212. The highest BCUT2D eigenvalue weighted by molar-refractivity contribution is 6.32. The number of amides is 1. The SMILES string of the molecule is CCOc1ccc(CCNC(=O)c2ccc(Oc3cc4c(cc3Cl)C(C(=O)O)CCO4)cc2)c(OC)c1. The highest BCUT2D eigenvalue weighted by atomic mass is 35.5. The number of carboxylic acid groups (broad SMARTS) is 1. The van der Waals surface area contributed by atoms with Gasteiger partial charge in [-0.15, -0.1) is 0 Å². The van der Waals surface area contributed by atoms with Gasteiger partial charge < -0.3 is 29.4 Å².